The predicted molar refractivity (Wildman–Crippen MR) is 135 cm³/mol. The van der Waals surface area contributed by atoms with Gasteiger partial charge in [0.15, 0.2) is 5.11 Å². The normalized spacial score (nSPS) is 15.0. The van der Waals surface area contributed by atoms with E-state index in [4.69, 9.17) is 17.0 Å². The number of hydrogen-bond acceptors (Lipinski definition) is 4. The van der Waals surface area contributed by atoms with Gasteiger partial charge in [0.05, 0.1) is 14.6 Å². The predicted octanol–water partition coefficient (Wildman–Crippen LogP) is 5.90. The molecule has 0 aliphatic carbocycles. The summed E-state index contributed by atoms with van der Waals surface area (Å²) in [5.41, 5.74) is 1.01. The van der Waals surface area contributed by atoms with Crippen molar-refractivity contribution >= 4 is 72.8 Å². The summed E-state index contributed by atoms with van der Waals surface area (Å²) in [5.74, 6) is -1.93. The first-order chi connectivity index (χ1) is 16.2. The molecule has 3 aromatic carbocycles. The van der Waals surface area contributed by atoms with Gasteiger partial charge in [0, 0.05) is 0 Å². The third kappa shape index (κ3) is 5.08. The van der Waals surface area contributed by atoms with Crippen LogP contribution in [0.15, 0.2) is 75.2 Å². The van der Waals surface area contributed by atoms with E-state index in [9.17, 15) is 18.4 Å². The molecule has 0 unspecified atom stereocenters. The number of ether oxygens (including phenoxy) is 1. The fraction of sp³-hybridized carbons (Fsp3) is 0.0417. The number of amides is 2. The Hall–Kier alpha value is -2.95. The maximum Gasteiger partial charge on any atom is 0.270 e. The van der Waals surface area contributed by atoms with Crippen molar-refractivity contribution in [3.8, 4) is 5.75 Å². The zero-order valence-corrected chi connectivity index (χ0v) is 21.1. The van der Waals surface area contributed by atoms with Gasteiger partial charge in [0.25, 0.3) is 11.8 Å². The average molecular weight is 608 g/mol. The minimum atomic E-state index is -0.747. The van der Waals surface area contributed by atoms with Gasteiger partial charge in [-0.2, -0.15) is 0 Å². The van der Waals surface area contributed by atoms with E-state index in [0.717, 1.165) is 10.5 Å². The zero-order valence-electron chi connectivity index (χ0n) is 17.2. The van der Waals surface area contributed by atoms with E-state index in [-0.39, 0.29) is 28.8 Å². The smallest absolute Gasteiger partial charge is 0.270 e. The van der Waals surface area contributed by atoms with Crippen molar-refractivity contribution in [1.29, 1.82) is 0 Å². The standard InChI is InChI=1S/C24H14Br2F2N2O3S/c25-17-10-14(11-18(26)21(17)33-12-13-5-7-15(27)8-6-13)9-16-22(31)29-24(34)30(23(16)32)20-4-2-1-3-19(20)28/h1-11H,12H2,(H,29,31,34)/b16-9+. The fourth-order valence-electron chi connectivity index (χ4n) is 3.21. The number of para-hydroxylation sites is 1. The van der Waals surface area contributed by atoms with Gasteiger partial charge in [-0.1, -0.05) is 24.3 Å². The molecule has 0 spiro atoms. The minimum absolute atomic E-state index is 0.0599. The molecule has 1 fully saturated rings. The summed E-state index contributed by atoms with van der Waals surface area (Å²) < 4.78 is 34.3. The number of carbonyl (C=O) groups excluding carboxylic acids is 2. The van der Waals surface area contributed by atoms with Crippen LogP contribution < -0.4 is 15.0 Å². The van der Waals surface area contributed by atoms with Gasteiger partial charge in [-0.15, -0.1) is 0 Å². The molecule has 2 amide bonds. The maximum absolute atomic E-state index is 14.3. The van der Waals surface area contributed by atoms with E-state index in [1.807, 2.05) is 0 Å². The lowest BCUT2D eigenvalue weighted by Crippen LogP contribution is -2.54. The minimum Gasteiger partial charge on any atom is -0.487 e. The van der Waals surface area contributed by atoms with Gasteiger partial charge in [-0.25, -0.2) is 13.7 Å². The number of benzene rings is 3. The van der Waals surface area contributed by atoms with Crippen LogP contribution in [-0.4, -0.2) is 16.9 Å². The van der Waals surface area contributed by atoms with E-state index < -0.39 is 17.6 Å². The molecular formula is C24H14Br2F2N2O3S. The molecule has 1 saturated heterocycles. The van der Waals surface area contributed by atoms with Gasteiger partial charge in [-0.3, -0.25) is 14.9 Å². The molecule has 1 heterocycles. The van der Waals surface area contributed by atoms with E-state index in [0.29, 0.717) is 20.3 Å². The quantitative estimate of drug-likeness (QED) is 0.223. The number of halogens is 4. The van der Waals surface area contributed by atoms with Crippen LogP contribution in [0.5, 0.6) is 5.75 Å². The summed E-state index contributed by atoms with van der Waals surface area (Å²) >= 11 is 12.0. The van der Waals surface area contributed by atoms with E-state index in [1.165, 1.54) is 36.4 Å². The number of rotatable bonds is 5. The first-order valence-electron chi connectivity index (χ1n) is 9.77. The number of nitrogens with zero attached hydrogens (tertiary/aromatic N) is 1. The SMILES string of the molecule is O=C1NC(=S)N(c2ccccc2F)C(=O)/C1=C/c1cc(Br)c(OCc2ccc(F)cc2)c(Br)c1. The van der Waals surface area contributed by atoms with Crippen LogP contribution in [0.4, 0.5) is 14.5 Å². The maximum atomic E-state index is 14.3. The summed E-state index contributed by atoms with van der Waals surface area (Å²) in [4.78, 5) is 26.6. The Morgan fingerprint density at radius 2 is 1.65 bits per heavy atom. The molecule has 10 heteroatoms. The topological polar surface area (TPSA) is 58.6 Å². The van der Waals surface area contributed by atoms with Crippen LogP contribution in [0.3, 0.4) is 0 Å². The van der Waals surface area contributed by atoms with Gasteiger partial charge in [0.1, 0.15) is 29.6 Å². The molecule has 1 N–H and O–H groups in total. The third-order valence-electron chi connectivity index (χ3n) is 4.82. The molecular weight excluding hydrogens is 594 g/mol. The fourth-order valence-corrected chi connectivity index (χ4v) is 4.94. The lowest BCUT2D eigenvalue weighted by atomic mass is 10.1. The Kier molecular flexibility index (Phi) is 7.20. The number of carbonyl (C=O) groups is 2. The van der Waals surface area contributed by atoms with Gasteiger partial charge >= 0.3 is 0 Å². The third-order valence-corrected chi connectivity index (χ3v) is 6.29. The Balaban J connectivity index is 1.61. The number of nitrogens with one attached hydrogen (secondary N) is 1. The molecule has 0 atom stereocenters. The second kappa shape index (κ2) is 10.1. The van der Waals surface area contributed by atoms with Crippen molar-refractivity contribution < 1.29 is 23.1 Å². The molecule has 0 aromatic heterocycles. The highest BCUT2D eigenvalue weighted by Gasteiger charge is 2.35. The van der Waals surface area contributed by atoms with Gasteiger partial charge in [-0.05, 0) is 97.7 Å². The van der Waals surface area contributed by atoms with Crippen molar-refractivity contribution in [1.82, 2.24) is 5.32 Å². The van der Waals surface area contributed by atoms with Gasteiger partial charge < -0.3 is 4.74 Å². The van der Waals surface area contributed by atoms with E-state index in [1.54, 1.807) is 30.3 Å². The molecule has 4 rings (SSSR count). The summed E-state index contributed by atoms with van der Waals surface area (Å²) in [6.45, 7) is 0.202. The number of anilines is 1. The molecule has 5 nitrogen and oxygen atoms in total. The van der Waals surface area contributed by atoms with Gasteiger partial charge in [0.2, 0.25) is 0 Å². The van der Waals surface area contributed by atoms with Crippen molar-refractivity contribution in [2.45, 2.75) is 6.61 Å². The molecule has 0 radical (unpaired) electrons. The van der Waals surface area contributed by atoms with Crippen LogP contribution >= 0.6 is 44.1 Å². The van der Waals surface area contributed by atoms with Crippen LogP contribution in [0.25, 0.3) is 6.08 Å². The van der Waals surface area contributed by atoms with Crippen LogP contribution in [0, 0.1) is 11.6 Å². The summed E-state index contributed by atoms with van der Waals surface area (Å²) in [6.07, 6.45) is 1.38. The van der Waals surface area contributed by atoms with Crippen molar-refractivity contribution in [2.24, 2.45) is 0 Å². The average Bonchev–Trinajstić information content (AvgIpc) is 2.78. The molecule has 0 saturated carbocycles. The molecule has 1 aliphatic rings. The Morgan fingerprint density at radius 1 is 1.00 bits per heavy atom. The van der Waals surface area contributed by atoms with E-state index >= 15 is 0 Å². The zero-order chi connectivity index (χ0) is 24.4. The lowest BCUT2D eigenvalue weighted by molar-refractivity contribution is -0.122. The molecule has 0 bridgehead atoms. The monoisotopic (exact) mass is 606 g/mol. The first-order valence-corrected chi connectivity index (χ1v) is 11.8. The molecule has 3 aromatic rings. The summed E-state index contributed by atoms with van der Waals surface area (Å²) in [5, 5.41) is 2.22. The summed E-state index contributed by atoms with van der Waals surface area (Å²) in [7, 11) is 0. The van der Waals surface area contributed by atoms with Crippen molar-refractivity contribution in [3.05, 3.63) is 97.9 Å². The van der Waals surface area contributed by atoms with Crippen LogP contribution in [0.1, 0.15) is 11.1 Å². The van der Waals surface area contributed by atoms with Crippen LogP contribution in [0.2, 0.25) is 0 Å². The highest BCUT2D eigenvalue weighted by Crippen LogP contribution is 2.36. The second-order valence-electron chi connectivity index (χ2n) is 7.14. The summed E-state index contributed by atoms with van der Waals surface area (Å²) in [6, 6.07) is 14.9. The number of thiocarbonyl (C=S) groups is 1. The molecule has 172 valence electrons. The van der Waals surface area contributed by atoms with Crippen molar-refractivity contribution in [2.75, 3.05) is 4.90 Å². The number of hydrogen-bond donors (Lipinski definition) is 1. The van der Waals surface area contributed by atoms with Crippen LogP contribution in [-0.2, 0) is 16.2 Å². The van der Waals surface area contributed by atoms with E-state index in [2.05, 4.69) is 37.2 Å². The Morgan fingerprint density at radius 3 is 2.29 bits per heavy atom. The molecule has 1 aliphatic heterocycles. The highest BCUT2D eigenvalue weighted by atomic mass is 79.9. The first kappa shape index (κ1) is 24.2. The largest absolute Gasteiger partial charge is 0.487 e. The van der Waals surface area contributed by atoms with Crippen molar-refractivity contribution in [3.63, 3.8) is 0 Å². The highest BCUT2D eigenvalue weighted by molar-refractivity contribution is 9.11. The molecule has 34 heavy (non-hydrogen) atoms. The lowest BCUT2D eigenvalue weighted by Gasteiger charge is -2.29. The second-order valence-corrected chi connectivity index (χ2v) is 9.23. The Bertz CT molecular complexity index is 1320. The Labute approximate surface area is 215 Å².